The molecule has 0 bridgehead atoms. The normalized spacial score (nSPS) is 13.5. The van der Waals surface area contributed by atoms with Crippen LogP contribution in [-0.2, 0) is 26.5 Å². The van der Waals surface area contributed by atoms with Gasteiger partial charge in [-0.2, -0.15) is 0 Å². The molecule has 0 saturated carbocycles. The summed E-state index contributed by atoms with van der Waals surface area (Å²) in [5.41, 5.74) is 2.91. The van der Waals surface area contributed by atoms with Gasteiger partial charge in [0.15, 0.2) is 5.11 Å². The molecule has 1 aliphatic rings. The second-order valence-corrected chi connectivity index (χ2v) is 11.0. The second-order valence-electron chi connectivity index (χ2n) is 7.13. The van der Waals surface area contributed by atoms with E-state index < -0.39 is 20.0 Å². The minimum atomic E-state index is -3.76. The van der Waals surface area contributed by atoms with E-state index in [9.17, 15) is 16.8 Å². The van der Waals surface area contributed by atoms with Gasteiger partial charge in [0.05, 0.1) is 15.5 Å². The first-order valence-electron chi connectivity index (χ1n) is 9.56. The number of nitrogens with one attached hydrogen (secondary N) is 2. The Labute approximate surface area is 192 Å². The first-order chi connectivity index (χ1) is 15.1. The van der Waals surface area contributed by atoms with Crippen molar-refractivity contribution in [2.45, 2.75) is 16.2 Å². The Bertz CT molecular complexity index is 1370. The van der Waals surface area contributed by atoms with Crippen LogP contribution in [0.4, 0.5) is 17.1 Å². The predicted molar refractivity (Wildman–Crippen MR) is 129 cm³/mol. The van der Waals surface area contributed by atoms with E-state index in [2.05, 4.69) is 10.6 Å². The molecule has 166 valence electrons. The van der Waals surface area contributed by atoms with E-state index in [1.807, 2.05) is 24.3 Å². The second kappa shape index (κ2) is 8.51. The number of fused-ring (bicyclic) bond motifs is 1. The van der Waals surface area contributed by atoms with Crippen LogP contribution in [0.15, 0.2) is 82.6 Å². The summed E-state index contributed by atoms with van der Waals surface area (Å²) >= 11 is 5.27. The molecule has 0 unspecified atom stereocenters. The first-order valence-corrected chi connectivity index (χ1v) is 13.0. The number of anilines is 3. The number of para-hydroxylation sites is 1. The molecule has 1 aliphatic heterocycles. The van der Waals surface area contributed by atoms with E-state index in [0.29, 0.717) is 30.0 Å². The van der Waals surface area contributed by atoms with Gasteiger partial charge in [-0.25, -0.2) is 22.0 Å². The minimum absolute atomic E-state index is 0.000600. The molecule has 0 fully saturated rings. The maximum Gasteiger partial charge on any atom is 0.264 e. The van der Waals surface area contributed by atoms with Crippen molar-refractivity contribution >= 4 is 54.4 Å². The zero-order valence-electron chi connectivity index (χ0n) is 16.7. The van der Waals surface area contributed by atoms with Crippen LogP contribution in [-0.4, -0.2) is 28.5 Å². The Balaban J connectivity index is 1.43. The number of primary sulfonamides is 1. The summed E-state index contributed by atoms with van der Waals surface area (Å²) in [7, 11) is -7.43. The lowest BCUT2D eigenvalue weighted by atomic mass is 10.2. The monoisotopic (exact) mass is 488 g/mol. The SMILES string of the molecule is NS(=O)(=O)c1ccc(NC(=S)Nc2ccc(S(=O)(=O)N3CCc4ccccc43)cc2)cc1. The number of thiocarbonyl (C=S) groups is 1. The van der Waals surface area contributed by atoms with E-state index in [1.165, 1.54) is 40.7 Å². The average Bonchev–Trinajstić information content (AvgIpc) is 3.19. The van der Waals surface area contributed by atoms with Crippen LogP contribution in [0.5, 0.6) is 0 Å². The zero-order chi connectivity index (χ0) is 22.9. The lowest BCUT2D eigenvalue weighted by Gasteiger charge is -2.20. The van der Waals surface area contributed by atoms with Crippen LogP contribution >= 0.6 is 12.2 Å². The summed E-state index contributed by atoms with van der Waals surface area (Å²) in [6, 6.07) is 19.6. The third-order valence-electron chi connectivity index (χ3n) is 4.99. The summed E-state index contributed by atoms with van der Waals surface area (Å²) in [6.07, 6.45) is 0.688. The highest BCUT2D eigenvalue weighted by Crippen LogP contribution is 2.32. The van der Waals surface area contributed by atoms with Crippen LogP contribution in [0.1, 0.15) is 5.56 Å². The minimum Gasteiger partial charge on any atom is -0.332 e. The summed E-state index contributed by atoms with van der Waals surface area (Å²) in [5.74, 6) is 0. The Kier molecular flexibility index (Phi) is 5.91. The lowest BCUT2D eigenvalue weighted by Crippen LogP contribution is -2.29. The van der Waals surface area contributed by atoms with Gasteiger partial charge in [0.2, 0.25) is 10.0 Å². The molecule has 1 heterocycles. The van der Waals surface area contributed by atoms with Gasteiger partial charge in [0.1, 0.15) is 0 Å². The molecule has 32 heavy (non-hydrogen) atoms. The highest BCUT2D eigenvalue weighted by Gasteiger charge is 2.30. The van der Waals surface area contributed by atoms with Crippen molar-refractivity contribution in [3.05, 3.63) is 78.4 Å². The van der Waals surface area contributed by atoms with E-state index in [-0.39, 0.29) is 14.9 Å². The fourth-order valence-corrected chi connectivity index (χ4v) is 5.67. The Morgan fingerprint density at radius 2 is 1.34 bits per heavy atom. The number of hydrogen-bond donors (Lipinski definition) is 3. The van der Waals surface area contributed by atoms with Crippen LogP contribution < -0.4 is 20.1 Å². The highest BCUT2D eigenvalue weighted by atomic mass is 32.2. The highest BCUT2D eigenvalue weighted by molar-refractivity contribution is 7.92. The molecule has 11 heteroatoms. The molecular formula is C21H20N4O4S3. The van der Waals surface area contributed by atoms with Gasteiger partial charge in [-0.3, -0.25) is 4.31 Å². The van der Waals surface area contributed by atoms with Crippen molar-refractivity contribution in [2.24, 2.45) is 5.14 Å². The lowest BCUT2D eigenvalue weighted by molar-refractivity contribution is 0.592. The Morgan fingerprint density at radius 1 is 0.812 bits per heavy atom. The number of nitrogens with zero attached hydrogens (tertiary/aromatic N) is 1. The van der Waals surface area contributed by atoms with Crippen molar-refractivity contribution in [3.63, 3.8) is 0 Å². The van der Waals surface area contributed by atoms with Crippen molar-refractivity contribution in [2.75, 3.05) is 21.5 Å². The molecule has 0 aliphatic carbocycles. The van der Waals surface area contributed by atoms with Crippen LogP contribution in [0.3, 0.4) is 0 Å². The molecule has 0 atom stereocenters. The number of nitrogens with two attached hydrogens (primary N) is 1. The zero-order valence-corrected chi connectivity index (χ0v) is 19.2. The summed E-state index contributed by atoms with van der Waals surface area (Å²) in [5, 5.41) is 11.2. The summed E-state index contributed by atoms with van der Waals surface area (Å²) in [4.78, 5) is 0.191. The standard InChI is InChI=1S/C21H20N4O4S3/c22-31(26,27)18-9-5-16(6-10-18)23-21(30)24-17-7-11-19(12-8-17)32(28,29)25-14-13-15-3-1-2-4-20(15)25/h1-12H,13-14H2,(H2,22,26,27)(H2,23,24,30). The smallest absolute Gasteiger partial charge is 0.264 e. The number of rotatable bonds is 5. The fourth-order valence-electron chi connectivity index (χ4n) is 3.42. The number of sulfonamides is 2. The van der Waals surface area contributed by atoms with E-state index in [0.717, 1.165) is 5.56 Å². The molecular weight excluding hydrogens is 468 g/mol. The van der Waals surface area contributed by atoms with Crippen molar-refractivity contribution < 1.29 is 16.8 Å². The maximum atomic E-state index is 13.1. The molecule has 0 aromatic heterocycles. The largest absolute Gasteiger partial charge is 0.332 e. The van der Waals surface area contributed by atoms with E-state index >= 15 is 0 Å². The molecule has 4 N–H and O–H groups in total. The van der Waals surface area contributed by atoms with Crippen molar-refractivity contribution in [1.82, 2.24) is 0 Å². The molecule has 4 rings (SSSR count). The molecule has 0 saturated heterocycles. The molecule has 0 amide bonds. The van der Waals surface area contributed by atoms with Crippen molar-refractivity contribution in [1.29, 1.82) is 0 Å². The van der Waals surface area contributed by atoms with E-state index in [4.69, 9.17) is 17.4 Å². The Morgan fingerprint density at radius 3 is 1.91 bits per heavy atom. The maximum absolute atomic E-state index is 13.1. The molecule has 0 spiro atoms. The van der Waals surface area contributed by atoms with Gasteiger partial charge < -0.3 is 10.6 Å². The molecule has 3 aromatic carbocycles. The third-order valence-corrected chi connectivity index (χ3v) is 7.95. The van der Waals surface area contributed by atoms with Gasteiger partial charge in [-0.05, 0) is 78.8 Å². The predicted octanol–water partition coefficient (Wildman–Crippen LogP) is 2.89. The molecule has 3 aromatic rings. The van der Waals surface area contributed by atoms with Crippen molar-refractivity contribution in [3.8, 4) is 0 Å². The van der Waals surface area contributed by atoms with Gasteiger partial charge in [-0.1, -0.05) is 18.2 Å². The third kappa shape index (κ3) is 4.60. The van der Waals surface area contributed by atoms with E-state index in [1.54, 1.807) is 12.1 Å². The van der Waals surface area contributed by atoms with Gasteiger partial charge in [-0.15, -0.1) is 0 Å². The van der Waals surface area contributed by atoms with Crippen LogP contribution in [0.25, 0.3) is 0 Å². The molecule has 8 nitrogen and oxygen atoms in total. The van der Waals surface area contributed by atoms with Gasteiger partial charge in [0, 0.05) is 17.9 Å². The van der Waals surface area contributed by atoms with Crippen LogP contribution in [0.2, 0.25) is 0 Å². The summed E-state index contributed by atoms with van der Waals surface area (Å²) < 4.78 is 50.3. The first kappa shape index (κ1) is 22.2. The average molecular weight is 489 g/mol. The summed E-state index contributed by atoms with van der Waals surface area (Å²) in [6.45, 7) is 0.417. The number of benzene rings is 3. The Hall–Kier alpha value is -2.99. The molecule has 0 radical (unpaired) electrons. The number of hydrogen-bond acceptors (Lipinski definition) is 5. The quantitative estimate of drug-likeness (QED) is 0.472. The van der Waals surface area contributed by atoms with Gasteiger partial charge >= 0.3 is 0 Å². The topological polar surface area (TPSA) is 122 Å². The fraction of sp³-hybridized carbons (Fsp3) is 0.0952. The van der Waals surface area contributed by atoms with Gasteiger partial charge in [0.25, 0.3) is 10.0 Å². The van der Waals surface area contributed by atoms with Crippen LogP contribution in [0, 0.1) is 0 Å².